The van der Waals surface area contributed by atoms with Crippen LogP contribution < -0.4 is 4.57 Å². The lowest BCUT2D eigenvalue weighted by Gasteiger charge is -2.10. The number of aromatic nitrogens is 4. The molecule has 4 nitrogen and oxygen atoms in total. The first-order valence-electron chi connectivity index (χ1n) is 19.8. The molecule has 0 spiro atoms. The van der Waals surface area contributed by atoms with Crippen molar-refractivity contribution >= 4 is 65.3 Å². The molecule has 270 valence electrons. The smallest absolute Gasteiger partial charge is 0.309 e. The van der Waals surface area contributed by atoms with E-state index >= 15 is 0 Å². The highest BCUT2D eigenvalue weighted by molar-refractivity contribution is 6.22. The van der Waals surface area contributed by atoms with Crippen molar-refractivity contribution in [1.29, 1.82) is 0 Å². The summed E-state index contributed by atoms with van der Waals surface area (Å²) in [5, 5.41) is 8.62. The molecule has 0 aliphatic carbocycles. The minimum atomic E-state index is 0.903. The van der Waals surface area contributed by atoms with E-state index in [2.05, 4.69) is 214 Å². The third kappa shape index (κ3) is 5.02. The van der Waals surface area contributed by atoms with Crippen molar-refractivity contribution in [1.82, 2.24) is 14.1 Å². The zero-order valence-electron chi connectivity index (χ0n) is 31.5. The van der Waals surface area contributed by atoms with E-state index < -0.39 is 0 Å². The summed E-state index contributed by atoms with van der Waals surface area (Å²) < 4.78 is 6.98. The number of nitrogens with zero attached hydrogens (tertiary/aromatic N) is 4. The molecule has 0 aliphatic heterocycles. The number of hydrogen-bond acceptors (Lipinski definition) is 1. The van der Waals surface area contributed by atoms with E-state index in [0.29, 0.717) is 0 Å². The van der Waals surface area contributed by atoms with Gasteiger partial charge in [-0.3, -0.25) is 0 Å². The fourth-order valence-corrected chi connectivity index (χ4v) is 9.07. The van der Waals surface area contributed by atoms with Gasteiger partial charge in [0.05, 0.1) is 33.0 Å². The summed E-state index contributed by atoms with van der Waals surface area (Å²) in [7, 11) is 0. The fraction of sp³-hybridized carbons (Fsp3) is 0. The van der Waals surface area contributed by atoms with Crippen LogP contribution in [0.5, 0.6) is 0 Å². The Morgan fingerprint density at radius 1 is 0.362 bits per heavy atom. The van der Waals surface area contributed by atoms with Crippen molar-refractivity contribution in [2.45, 2.75) is 0 Å². The van der Waals surface area contributed by atoms with E-state index in [1.54, 1.807) is 0 Å². The second-order valence-corrected chi connectivity index (χ2v) is 15.0. The first kappa shape index (κ1) is 32.4. The van der Waals surface area contributed by atoms with Gasteiger partial charge in [-0.2, -0.15) is 4.57 Å². The first-order chi connectivity index (χ1) is 28.8. The summed E-state index contributed by atoms with van der Waals surface area (Å²) in [6.45, 7) is 0. The molecule has 4 heteroatoms. The molecular weight excluding hydrogens is 705 g/mol. The molecule has 0 bridgehead atoms. The maximum absolute atomic E-state index is 5.17. The lowest BCUT2D eigenvalue weighted by Crippen LogP contribution is -2.34. The van der Waals surface area contributed by atoms with Crippen LogP contribution in [0.4, 0.5) is 0 Å². The Hall–Kier alpha value is -7.82. The SMILES string of the molecule is c1ccc(-n2c3ccc(-c4ccc5c(c4)c4ccccc4n5-c4ccc(-c5nc6ccccc6c[n+]5-c5ccccc5)cc4)cc3c3c4ccccc4ccc32)cc1. The van der Waals surface area contributed by atoms with E-state index in [1.165, 1.54) is 65.5 Å². The van der Waals surface area contributed by atoms with Gasteiger partial charge in [0.15, 0.2) is 5.52 Å². The van der Waals surface area contributed by atoms with Gasteiger partial charge in [0, 0.05) is 32.9 Å². The Bertz CT molecular complexity index is 3540. The predicted octanol–water partition coefficient (Wildman–Crippen LogP) is 13.2. The summed E-state index contributed by atoms with van der Waals surface area (Å²) >= 11 is 0. The molecule has 0 atom stereocenters. The molecule has 0 aliphatic rings. The molecule has 3 heterocycles. The molecule has 0 fully saturated rings. The maximum Gasteiger partial charge on any atom is 0.336 e. The highest BCUT2D eigenvalue weighted by Crippen LogP contribution is 2.40. The van der Waals surface area contributed by atoms with E-state index in [0.717, 1.165) is 39.4 Å². The van der Waals surface area contributed by atoms with E-state index in [9.17, 15) is 0 Å². The second kappa shape index (κ2) is 12.9. The maximum atomic E-state index is 5.17. The standard InChI is InChI=1S/C54H35N4/c1-3-15-41(16-4-1)56-35-40-14-8-11-21-48(40)55-54(56)37-23-28-43(29-24-37)57-49-22-12-10-20-45(49)46-33-38(26-30-50(46)57)39-27-31-51-47(34-39)53-44-19-9-7-13-36(44)25-32-52(53)58(51)42-17-5-2-6-18-42/h1-35H/q+1. The number of rotatable bonds is 5. The van der Waals surface area contributed by atoms with Gasteiger partial charge in [0.1, 0.15) is 11.9 Å². The highest BCUT2D eigenvalue weighted by Gasteiger charge is 2.21. The van der Waals surface area contributed by atoms with Crippen LogP contribution in [0.2, 0.25) is 0 Å². The minimum absolute atomic E-state index is 0.903. The molecule has 9 aromatic carbocycles. The molecule has 0 N–H and O–H groups in total. The summed E-state index contributed by atoms with van der Waals surface area (Å²) in [5.41, 5.74) is 12.5. The summed E-state index contributed by atoms with van der Waals surface area (Å²) in [6, 6.07) is 74.3. The average Bonchev–Trinajstić information content (AvgIpc) is 3.82. The zero-order chi connectivity index (χ0) is 38.2. The molecule has 12 aromatic rings. The quantitative estimate of drug-likeness (QED) is 0.161. The predicted molar refractivity (Wildman–Crippen MR) is 240 cm³/mol. The monoisotopic (exact) mass is 739 g/mol. The molecule has 0 unspecified atom stereocenters. The van der Waals surface area contributed by atoms with Crippen LogP contribution in [0.25, 0.3) is 105 Å². The van der Waals surface area contributed by atoms with Crippen LogP contribution in [0, 0.1) is 0 Å². The van der Waals surface area contributed by atoms with Gasteiger partial charge in [-0.25, -0.2) is 0 Å². The number of para-hydroxylation sites is 4. The van der Waals surface area contributed by atoms with Crippen molar-refractivity contribution in [2.24, 2.45) is 0 Å². The van der Waals surface area contributed by atoms with Crippen LogP contribution in [0.15, 0.2) is 212 Å². The zero-order valence-corrected chi connectivity index (χ0v) is 31.5. The average molecular weight is 740 g/mol. The van der Waals surface area contributed by atoms with Crippen LogP contribution in [-0.2, 0) is 0 Å². The van der Waals surface area contributed by atoms with Gasteiger partial charge in [-0.1, -0.05) is 109 Å². The summed E-state index contributed by atoms with van der Waals surface area (Å²) in [4.78, 5) is 5.17. The second-order valence-electron chi connectivity index (χ2n) is 15.0. The normalized spacial score (nSPS) is 11.8. The molecule has 58 heavy (non-hydrogen) atoms. The number of benzene rings is 9. The van der Waals surface area contributed by atoms with E-state index in [1.807, 2.05) is 12.1 Å². The Kier molecular flexibility index (Phi) is 7.20. The van der Waals surface area contributed by atoms with Crippen LogP contribution in [0.1, 0.15) is 0 Å². The molecule has 3 aromatic heterocycles. The van der Waals surface area contributed by atoms with Gasteiger partial charge >= 0.3 is 5.82 Å². The molecular formula is C54H35N4+. The van der Waals surface area contributed by atoms with Gasteiger partial charge in [-0.15, -0.1) is 0 Å². The first-order valence-corrected chi connectivity index (χ1v) is 19.8. The third-order valence-corrected chi connectivity index (χ3v) is 11.8. The molecule has 12 rings (SSSR count). The summed E-state index contributed by atoms with van der Waals surface area (Å²) in [6.07, 6.45) is 2.19. The highest BCUT2D eigenvalue weighted by atomic mass is 15.0. The Labute approximate surface area is 334 Å². The summed E-state index contributed by atoms with van der Waals surface area (Å²) in [5.74, 6) is 0.903. The lowest BCUT2D eigenvalue weighted by atomic mass is 9.99. The van der Waals surface area contributed by atoms with Gasteiger partial charge < -0.3 is 9.13 Å². The van der Waals surface area contributed by atoms with Gasteiger partial charge in [0.25, 0.3) is 0 Å². The Morgan fingerprint density at radius 2 is 0.914 bits per heavy atom. The molecule has 0 radical (unpaired) electrons. The fourth-order valence-electron chi connectivity index (χ4n) is 9.07. The lowest BCUT2D eigenvalue weighted by molar-refractivity contribution is -0.585. The van der Waals surface area contributed by atoms with Crippen molar-refractivity contribution in [3.63, 3.8) is 0 Å². The van der Waals surface area contributed by atoms with Crippen LogP contribution >= 0.6 is 0 Å². The minimum Gasteiger partial charge on any atom is -0.309 e. The Morgan fingerprint density at radius 3 is 1.71 bits per heavy atom. The topological polar surface area (TPSA) is 26.6 Å². The molecule has 0 saturated heterocycles. The molecule has 0 saturated carbocycles. The number of fused-ring (bicyclic) bond motifs is 9. The van der Waals surface area contributed by atoms with Crippen molar-refractivity contribution in [2.75, 3.05) is 0 Å². The van der Waals surface area contributed by atoms with Crippen molar-refractivity contribution < 1.29 is 4.57 Å². The van der Waals surface area contributed by atoms with Crippen molar-refractivity contribution in [3.8, 4) is 39.6 Å². The molecule has 0 amide bonds. The largest absolute Gasteiger partial charge is 0.336 e. The van der Waals surface area contributed by atoms with E-state index in [4.69, 9.17) is 4.98 Å². The van der Waals surface area contributed by atoms with Gasteiger partial charge in [0.2, 0.25) is 0 Å². The number of hydrogen-bond donors (Lipinski definition) is 0. The van der Waals surface area contributed by atoms with Gasteiger partial charge in [-0.05, 0) is 124 Å². The van der Waals surface area contributed by atoms with Crippen molar-refractivity contribution in [3.05, 3.63) is 212 Å². The Balaban J connectivity index is 1.00. The van der Waals surface area contributed by atoms with Crippen LogP contribution in [0.3, 0.4) is 0 Å². The van der Waals surface area contributed by atoms with Crippen LogP contribution in [-0.4, -0.2) is 14.1 Å². The van der Waals surface area contributed by atoms with E-state index in [-0.39, 0.29) is 0 Å². The third-order valence-electron chi connectivity index (χ3n) is 11.8.